The van der Waals surface area contributed by atoms with Crippen LogP contribution in [0.1, 0.15) is 41.2 Å². The van der Waals surface area contributed by atoms with Gasteiger partial charge in [0.15, 0.2) is 0 Å². The predicted molar refractivity (Wildman–Crippen MR) is 80.1 cm³/mol. The van der Waals surface area contributed by atoms with E-state index in [9.17, 15) is 4.79 Å². The first-order valence-electron chi connectivity index (χ1n) is 6.89. The van der Waals surface area contributed by atoms with Gasteiger partial charge in [-0.2, -0.15) is 0 Å². The molecule has 1 atom stereocenters. The Kier molecular flexibility index (Phi) is 5.55. The van der Waals surface area contributed by atoms with Crippen LogP contribution in [0.2, 0.25) is 0 Å². The van der Waals surface area contributed by atoms with Crippen LogP contribution in [0.25, 0.3) is 0 Å². The maximum atomic E-state index is 11.8. The number of rotatable bonds is 5. The third kappa shape index (κ3) is 4.06. The van der Waals surface area contributed by atoms with E-state index in [-0.39, 0.29) is 11.8 Å². The number of amides is 1. The molecule has 1 aromatic carbocycles. The van der Waals surface area contributed by atoms with Crippen LogP contribution in [-0.2, 0) is 11.3 Å². The van der Waals surface area contributed by atoms with Crippen LogP contribution in [0.3, 0.4) is 0 Å². The number of nitrogens with one attached hydrogen (secondary N) is 1. The minimum Gasteiger partial charge on any atom is -0.352 e. The molecule has 0 bridgehead atoms. The van der Waals surface area contributed by atoms with Gasteiger partial charge >= 0.3 is 0 Å². The van der Waals surface area contributed by atoms with Crippen LogP contribution in [-0.4, -0.2) is 12.5 Å². The summed E-state index contributed by atoms with van der Waals surface area (Å²) < 4.78 is 0. The van der Waals surface area contributed by atoms with Crippen molar-refractivity contribution in [2.45, 2.75) is 47.6 Å². The lowest BCUT2D eigenvalue weighted by molar-refractivity contribution is -0.122. The van der Waals surface area contributed by atoms with Crippen LogP contribution in [0, 0.1) is 33.6 Å². The van der Waals surface area contributed by atoms with E-state index in [1.165, 1.54) is 27.8 Å². The summed E-state index contributed by atoms with van der Waals surface area (Å²) in [6.45, 7) is 11.6. The van der Waals surface area contributed by atoms with Gasteiger partial charge in [0.2, 0.25) is 5.91 Å². The largest absolute Gasteiger partial charge is 0.352 e. The van der Waals surface area contributed by atoms with Crippen LogP contribution < -0.4 is 11.1 Å². The Hall–Kier alpha value is -1.35. The highest BCUT2D eigenvalue weighted by Gasteiger charge is 2.11. The van der Waals surface area contributed by atoms with Gasteiger partial charge in [-0.25, -0.2) is 0 Å². The lowest BCUT2D eigenvalue weighted by Crippen LogP contribution is -2.27. The number of carbonyl (C=O) groups is 1. The Morgan fingerprint density at radius 2 is 1.74 bits per heavy atom. The first-order chi connectivity index (χ1) is 8.86. The van der Waals surface area contributed by atoms with E-state index in [1.807, 2.05) is 6.92 Å². The minimum absolute atomic E-state index is 0.0795. The fourth-order valence-corrected chi connectivity index (χ4v) is 2.22. The summed E-state index contributed by atoms with van der Waals surface area (Å²) in [5.41, 5.74) is 11.9. The van der Waals surface area contributed by atoms with Crippen LogP contribution >= 0.6 is 0 Å². The van der Waals surface area contributed by atoms with Gasteiger partial charge in [-0.3, -0.25) is 4.79 Å². The van der Waals surface area contributed by atoms with Gasteiger partial charge in [0.1, 0.15) is 0 Å². The summed E-state index contributed by atoms with van der Waals surface area (Å²) in [4.78, 5) is 11.8. The third-order valence-electron chi connectivity index (χ3n) is 3.92. The predicted octanol–water partition coefficient (Wildman–Crippen LogP) is 2.52. The van der Waals surface area contributed by atoms with Gasteiger partial charge in [-0.1, -0.05) is 13.0 Å². The summed E-state index contributed by atoms with van der Waals surface area (Å²) in [7, 11) is 0. The molecule has 0 heterocycles. The van der Waals surface area contributed by atoms with Crippen molar-refractivity contribution in [2.24, 2.45) is 11.7 Å². The molecule has 19 heavy (non-hydrogen) atoms. The van der Waals surface area contributed by atoms with Crippen LogP contribution in [0.4, 0.5) is 0 Å². The number of aryl methyl sites for hydroxylation is 2. The van der Waals surface area contributed by atoms with Crippen molar-refractivity contribution >= 4 is 5.91 Å². The molecule has 1 rings (SSSR count). The average molecular weight is 262 g/mol. The molecule has 106 valence electrons. The van der Waals surface area contributed by atoms with Gasteiger partial charge < -0.3 is 11.1 Å². The summed E-state index contributed by atoms with van der Waals surface area (Å²) in [6.07, 6.45) is 0.499. The second kappa shape index (κ2) is 6.71. The molecule has 0 spiro atoms. The first kappa shape index (κ1) is 15.7. The average Bonchev–Trinajstić information content (AvgIpc) is 2.36. The van der Waals surface area contributed by atoms with E-state index in [0.717, 1.165) is 0 Å². The van der Waals surface area contributed by atoms with Crippen molar-refractivity contribution in [3.8, 4) is 0 Å². The highest BCUT2D eigenvalue weighted by molar-refractivity contribution is 5.76. The molecule has 0 aliphatic heterocycles. The summed E-state index contributed by atoms with van der Waals surface area (Å²) in [5, 5.41) is 3.01. The zero-order chi connectivity index (χ0) is 14.6. The highest BCUT2D eigenvalue weighted by atomic mass is 16.1. The lowest BCUT2D eigenvalue weighted by atomic mass is 9.94. The smallest absolute Gasteiger partial charge is 0.220 e. The molecular formula is C16H26N2O. The number of benzene rings is 1. The zero-order valence-electron chi connectivity index (χ0n) is 12.8. The van der Waals surface area contributed by atoms with Crippen molar-refractivity contribution in [3.05, 3.63) is 33.9 Å². The molecule has 0 aliphatic rings. The van der Waals surface area contributed by atoms with E-state index < -0.39 is 0 Å². The van der Waals surface area contributed by atoms with Crippen molar-refractivity contribution in [1.82, 2.24) is 5.32 Å². The van der Waals surface area contributed by atoms with Crippen LogP contribution in [0.5, 0.6) is 0 Å². The maximum Gasteiger partial charge on any atom is 0.220 e. The Balaban J connectivity index is 2.76. The Labute approximate surface area is 116 Å². The van der Waals surface area contributed by atoms with Gasteiger partial charge in [0.25, 0.3) is 0 Å². The first-order valence-corrected chi connectivity index (χ1v) is 6.89. The van der Waals surface area contributed by atoms with E-state index in [1.54, 1.807) is 0 Å². The fraction of sp³-hybridized carbons (Fsp3) is 0.562. The Bertz CT molecular complexity index is 440. The molecule has 3 heteroatoms. The molecule has 0 saturated carbocycles. The number of nitrogens with two attached hydrogens (primary N) is 1. The molecule has 0 aliphatic carbocycles. The Morgan fingerprint density at radius 1 is 1.21 bits per heavy atom. The van der Waals surface area contributed by atoms with Gasteiger partial charge in [-0.05, 0) is 68.0 Å². The normalized spacial score (nSPS) is 12.3. The second-order valence-electron chi connectivity index (χ2n) is 5.56. The Morgan fingerprint density at radius 3 is 2.21 bits per heavy atom. The number of hydrogen-bond donors (Lipinski definition) is 2. The SMILES string of the molecule is Cc1cc(C)c(C)c(CNC(=O)CC(C)CN)c1C. The zero-order valence-corrected chi connectivity index (χ0v) is 12.8. The lowest BCUT2D eigenvalue weighted by Gasteiger charge is -2.16. The number of hydrogen-bond acceptors (Lipinski definition) is 2. The maximum absolute atomic E-state index is 11.8. The quantitative estimate of drug-likeness (QED) is 0.856. The monoisotopic (exact) mass is 262 g/mol. The van der Waals surface area contributed by atoms with E-state index in [2.05, 4.69) is 39.1 Å². The van der Waals surface area contributed by atoms with E-state index in [0.29, 0.717) is 19.5 Å². The van der Waals surface area contributed by atoms with Crippen molar-refractivity contribution < 1.29 is 4.79 Å². The highest BCUT2D eigenvalue weighted by Crippen LogP contribution is 2.21. The molecule has 1 aromatic rings. The molecule has 0 aromatic heterocycles. The minimum atomic E-state index is 0.0795. The van der Waals surface area contributed by atoms with Crippen molar-refractivity contribution in [2.75, 3.05) is 6.54 Å². The second-order valence-corrected chi connectivity index (χ2v) is 5.56. The van der Waals surface area contributed by atoms with Crippen molar-refractivity contribution in [3.63, 3.8) is 0 Å². The summed E-state index contributed by atoms with van der Waals surface area (Å²) >= 11 is 0. The van der Waals surface area contributed by atoms with E-state index >= 15 is 0 Å². The molecule has 3 nitrogen and oxygen atoms in total. The van der Waals surface area contributed by atoms with E-state index in [4.69, 9.17) is 5.73 Å². The van der Waals surface area contributed by atoms with Crippen LogP contribution in [0.15, 0.2) is 6.07 Å². The summed E-state index contributed by atoms with van der Waals surface area (Å²) in [5.74, 6) is 0.317. The fourth-order valence-electron chi connectivity index (χ4n) is 2.22. The van der Waals surface area contributed by atoms with Gasteiger partial charge in [0.05, 0.1) is 0 Å². The molecule has 0 fully saturated rings. The summed E-state index contributed by atoms with van der Waals surface area (Å²) in [6, 6.07) is 2.20. The van der Waals surface area contributed by atoms with Gasteiger partial charge in [0, 0.05) is 13.0 Å². The molecule has 0 saturated heterocycles. The number of carbonyl (C=O) groups excluding carboxylic acids is 1. The molecule has 3 N–H and O–H groups in total. The molecule has 0 radical (unpaired) electrons. The molecular weight excluding hydrogens is 236 g/mol. The third-order valence-corrected chi connectivity index (χ3v) is 3.92. The molecule has 1 amide bonds. The molecule has 1 unspecified atom stereocenters. The van der Waals surface area contributed by atoms with Gasteiger partial charge in [-0.15, -0.1) is 0 Å². The standard InChI is InChI=1S/C16H26N2O/c1-10(8-17)6-16(19)18-9-15-13(4)11(2)7-12(3)14(15)5/h7,10H,6,8-9,17H2,1-5H3,(H,18,19). The topological polar surface area (TPSA) is 55.1 Å². The van der Waals surface area contributed by atoms with Crippen molar-refractivity contribution in [1.29, 1.82) is 0 Å².